The third-order valence-electron chi connectivity index (χ3n) is 3.36. The first-order valence-electron chi connectivity index (χ1n) is 6.53. The Balaban J connectivity index is 1.57. The van der Waals surface area contributed by atoms with Gasteiger partial charge < -0.3 is 4.84 Å². The Labute approximate surface area is 121 Å². The summed E-state index contributed by atoms with van der Waals surface area (Å²) >= 11 is 3.38. The molecule has 0 bridgehead atoms. The van der Waals surface area contributed by atoms with Gasteiger partial charge in [0.2, 0.25) is 0 Å². The fraction of sp³-hybridized carbons (Fsp3) is 0.429. The van der Waals surface area contributed by atoms with Crippen LogP contribution in [0.2, 0.25) is 0 Å². The van der Waals surface area contributed by atoms with Crippen LogP contribution in [0.4, 0.5) is 0 Å². The van der Waals surface area contributed by atoms with Crippen LogP contribution in [0.15, 0.2) is 40.1 Å². The number of nitrogens with zero attached hydrogens (tertiary/aromatic N) is 3. The third kappa shape index (κ3) is 3.22. The van der Waals surface area contributed by atoms with E-state index in [2.05, 4.69) is 43.1 Å². The highest BCUT2D eigenvalue weighted by molar-refractivity contribution is 9.10. The number of aromatic nitrogens is 1. The monoisotopic (exact) mass is 321 g/mol. The zero-order valence-electron chi connectivity index (χ0n) is 10.6. The summed E-state index contributed by atoms with van der Waals surface area (Å²) in [5, 5.41) is 4.18. The Morgan fingerprint density at radius 3 is 3.05 bits per heavy atom. The van der Waals surface area contributed by atoms with Crippen molar-refractivity contribution < 1.29 is 4.84 Å². The molecular weight excluding hydrogens is 306 g/mol. The normalized spacial score (nSPS) is 23.2. The van der Waals surface area contributed by atoms with E-state index in [9.17, 15) is 0 Å². The first-order valence-corrected chi connectivity index (χ1v) is 7.32. The molecule has 0 N–H and O–H groups in total. The molecule has 4 nitrogen and oxygen atoms in total. The van der Waals surface area contributed by atoms with E-state index in [1.54, 1.807) is 6.20 Å². The molecule has 0 saturated carbocycles. The summed E-state index contributed by atoms with van der Waals surface area (Å²) in [5.74, 6) is 0. The van der Waals surface area contributed by atoms with Gasteiger partial charge in [0.05, 0.1) is 5.69 Å². The van der Waals surface area contributed by atoms with Crippen molar-refractivity contribution in [3.05, 3.63) is 40.6 Å². The summed E-state index contributed by atoms with van der Waals surface area (Å²) in [6.45, 7) is 3.07. The maximum Gasteiger partial charge on any atom is 0.145 e. The van der Waals surface area contributed by atoms with Gasteiger partial charge in [0.25, 0.3) is 0 Å². The van der Waals surface area contributed by atoms with Gasteiger partial charge >= 0.3 is 0 Å². The van der Waals surface area contributed by atoms with Crippen LogP contribution in [0.3, 0.4) is 0 Å². The van der Waals surface area contributed by atoms with Gasteiger partial charge in [-0.15, -0.1) is 0 Å². The van der Waals surface area contributed by atoms with Crippen LogP contribution < -0.4 is 0 Å². The first kappa shape index (κ1) is 12.8. The van der Waals surface area contributed by atoms with E-state index in [-0.39, 0.29) is 6.10 Å². The van der Waals surface area contributed by atoms with Crippen molar-refractivity contribution in [2.24, 2.45) is 5.16 Å². The summed E-state index contributed by atoms with van der Waals surface area (Å²) in [6.07, 6.45) is 8.38. The maximum atomic E-state index is 5.52. The molecule has 3 heterocycles. The van der Waals surface area contributed by atoms with Crippen molar-refractivity contribution >= 4 is 21.6 Å². The summed E-state index contributed by atoms with van der Waals surface area (Å²) in [5.41, 5.74) is 1.86. The average Bonchev–Trinajstić information content (AvgIpc) is 2.89. The van der Waals surface area contributed by atoms with Gasteiger partial charge in [-0.1, -0.05) is 17.3 Å². The van der Waals surface area contributed by atoms with Crippen molar-refractivity contribution in [3.8, 4) is 0 Å². The SMILES string of the molecule is Brc1ccc(C2=NO[C@H](CN3CC=CCC3)C2)nc1. The highest BCUT2D eigenvalue weighted by Gasteiger charge is 2.25. The quantitative estimate of drug-likeness (QED) is 0.803. The van der Waals surface area contributed by atoms with E-state index in [0.29, 0.717) is 0 Å². The largest absolute Gasteiger partial charge is 0.390 e. The number of hydrogen-bond donors (Lipinski definition) is 0. The fourth-order valence-electron chi connectivity index (χ4n) is 2.37. The van der Waals surface area contributed by atoms with Gasteiger partial charge in [-0.3, -0.25) is 9.88 Å². The molecule has 0 unspecified atom stereocenters. The van der Waals surface area contributed by atoms with E-state index in [4.69, 9.17) is 4.84 Å². The van der Waals surface area contributed by atoms with Crippen LogP contribution in [-0.2, 0) is 4.84 Å². The molecule has 1 aromatic rings. The van der Waals surface area contributed by atoms with E-state index in [0.717, 1.165) is 48.4 Å². The van der Waals surface area contributed by atoms with Crippen LogP contribution in [0.5, 0.6) is 0 Å². The lowest BCUT2D eigenvalue weighted by atomic mass is 10.1. The topological polar surface area (TPSA) is 37.7 Å². The van der Waals surface area contributed by atoms with E-state index >= 15 is 0 Å². The van der Waals surface area contributed by atoms with Crippen LogP contribution in [0.1, 0.15) is 18.5 Å². The maximum absolute atomic E-state index is 5.52. The summed E-state index contributed by atoms with van der Waals surface area (Å²) in [4.78, 5) is 12.3. The second-order valence-corrected chi connectivity index (χ2v) is 5.77. The van der Waals surface area contributed by atoms with E-state index in [1.807, 2.05) is 12.1 Å². The minimum atomic E-state index is 0.159. The second-order valence-electron chi connectivity index (χ2n) is 4.85. The summed E-state index contributed by atoms with van der Waals surface area (Å²) in [7, 11) is 0. The highest BCUT2D eigenvalue weighted by atomic mass is 79.9. The fourth-order valence-corrected chi connectivity index (χ4v) is 2.60. The minimum Gasteiger partial charge on any atom is -0.390 e. The predicted molar refractivity (Wildman–Crippen MR) is 78.2 cm³/mol. The molecule has 19 heavy (non-hydrogen) atoms. The average molecular weight is 322 g/mol. The number of oxime groups is 1. The van der Waals surface area contributed by atoms with Gasteiger partial charge in [0, 0.05) is 36.7 Å². The predicted octanol–water partition coefficient (Wildman–Crippen LogP) is 2.60. The van der Waals surface area contributed by atoms with Crippen LogP contribution in [0, 0.1) is 0 Å². The van der Waals surface area contributed by atoms with Gasteiger partial charge in [0.1, 0.15) is 11.8 Å². The molecule has 0 saturated heterocycles. The zero-order valence-corrected chi connectivity index (χ0v) is 12.2. The third-order valence-corrected chi connectivity index (χ3v) is 3.83. The molecule has 5 heteroatoms. The minimum absolute atomic E-state index is 0.159. The summed E-state index contributed by atoms with van der Waals surface area (Å²) in [6, 6.07) is 3.95. The molecule has 1 atom stereocenters. The molecule has 0 radical (unpaired) electrons. The smallest absolute Gasteiger partial charge is 0.145 e. The Morgan fingerprint density at radius 1 is 1.37 bits per heavy atom. The number of rotatable bonds is 3. The van der Waals surface area contributed by atoms with E-state index in [1.165, 1.54) is 0 Å². The molecule has 0 amide bonds. The van der Waals surface area contributed by atoms with Crippen LogP contribution in [-0.4, -0.2) is 41.3 Å². The lowest BCUT2D eigenvalue weighted by Crippen LogP contribution is -2.35. The Kier molecular flexibility index (Phi) is 3.94. The lowest BCUT2D eigenvalue weighted by Gasteiger charge is -2.24. The van der Waals surface area contributed by atoms with Crippen molar-refractivity contribution in [2.75, 3.05) is 19.6 Å². The molecular formula is C14H16BrN3O. The molecule has 1 aromatic heterocycles. The van der Waals surface area contributed by atoms with Crippen molar-refractivity contribution in [1.29, 1.82) is 0 Å². The number of pyridine rings is 1. The number of halogens is 1. The Morgan fingerprint density at radius 2 is 2.32 bits per heavy atom. The van der Waals surface area contributed by atoms with Crippen molar-refractivity contribution in [1.82, 2.24) is 9.88 Å². The lowest BCUT2D eigenvalue weighted by molar-refractivity contribution is 0.0551. The standard InChI is InChI=1S/C14H16BrN3O/c15-11-4-5-13(16-9-11)14-8-12(19-17-14)10-18-6-2-1-3-7-18/h1-2,4-5,9,12H,3,6-8,10H2/t12-/m0/s1. The van der Waals surface area contributed by atoms with Crippen molar-refractivity contribution in [3.63, 3.8) is 0 Å². The molecule has 0 spiro atoms. The van der Waals surface area contributed by atoms with E-state index < -0.39 is 0 Å². The molecule has 0 aliphatic carbocycles. The molecule has 2 aliphatic heterocycles. The van der Waals surface area contributed by atoms with Gasteiger partial charge in [-0.2, -0.15) is 0 Å². The first-order chi connectivity index (χ1) is 9.31. The molecule has 3 rings (SSSR count). The zero-order chi connectivity index (χ0) is 13.1. The van der Waals surface area contributed by atoms with Crippen LogP contribution in [0.25, 0.3) is 0 Å². The molecule has 2 aliphatic rings. The van der Waals surface area contributed by atoms with Gasteiger partial charge in [-0.25, -0.2) is 0 Å². The van der Waals surface area contributed by atoms with Crippen LogP contribution >= 0.6 is 15.9 Å². The Bertz CT molecular complexity index is 498. The molecule has 0 aromatic carbocycles. The second kappa shape index (κ2) is 5.84. The van der Waals surface area contributed by atoms with Gasteiger partial charge in [-0.05, 0) is 34.5 Å². The van der Waals surface area contributed by atoms with Crippen molar-refractivity contribution in [2.45, 2.75) is 18.9 Å². The Hall–Kier alpha value is -1.20. The summed E-state index contributed by atoms with van der Waals surface area (Å²) < 4.78 is 0.979. The van der Waals surface area contributed by atoms with Gasteiger partial charge in [0.15, 0.2) is 0 Å². The highest BCUT2D eigenvalue weighted by Crippen LogP contribution is 2.18. The number of hydrogen-bond acceptors (Lipinski definition) is 4. The molecule has 100 valence electrons. The molecule has 0 fully saturated rings.